The number of nitrogens with zero attached hydrogens (tertiary/aromatic N) is 2. The molecule has 2 heterocycles. The molecular weight excluding hydrogens is 351 g/mol. The lowest BCUT2D eigenvalue weighted by Gasteiger charge is -2.09. The van der Waals surface area contributed by atoms with Crippen LogP contribution in [0.1, 0.15) is 28.7 Å². The lowest BCUT2D eigenvalue weighted by Crippen LogP contribution is -2.36. The Morgan fingerprint density at radius 2 is 1.96 bits per heavy atom. The van der Waals surface area contributed by atoms with Gasteiger partial charge in [-0.25, -0.2) is 9.07 Å². The van der Waals surface area contributed by atoms with Gasteiger partial charge in [-0.3, -0.25) is 9.59 Å². The van der Waals surface area contributed by atoms with Crippen molar-refractivity contribution in [1.82, 2.24) is 20.4 Å². The van der Waals surface area contributed by atoms with Crippen molar-refractivity contribution in [2.24, 2.45) is 0 Å². The van der Waals surface area contributed by atoms with Gasteiger partial charge in [0.05, 0.1) is 42.5 Å². The van der Waals surface area contributed by atoms with Crippen molar-refractivity contribution in [1.29, 1.82) is 0 Å². The van der Waals surface area contributed by atoms with E-state index in [1.54, 1.807) is 28.9 Å². The average molecular weight is 370 g/mol. The van der Waals surface area contributed by atoms with Crippen LogP contribution < -0.4 is 10.6 Å². The fourth-order valence-corrected chi connectivity index (χ4v) is 2.63. The van der Waals surface area contributed by atoms with Crippen LogP contribution in [0.5, 0.6) is 0 Å². The molecule has 0 aliphatic carbocycles. The number of nitrogens with one attached hydrogen (secondary N) is 2. The van der Waals surface area contributed by atoms with Crippen molar-refractivity contribution in [3.63, 3.8) is 0 Å². The summed E-state index contributed by atoms with van der Waals surface area (Å²) in [5.41, 5.74) is 1.71. The summed E-state index contributed by atoms with van der Waals surface area (Å²) < 4.78 is 19.8. The molecule has 2 amide bonds. The van der Waals surface area contributed by atoms with E-state index in [0.29, 0.717) is 29.1 Å². The van der Waals surface area contributed by atoms with Crippen molar-refractivity contribution in [2.75, 3.05) is 6.54 Å². The first-order chi connectivity index (χ1) is 13.1. The van der Waals surface area contributed by atoms with Gasteiger partial charge in [-0.15, -0.1) is 0 Å². The Balaban J connectivity index is 1.62. The van der Waals surface area contributed by atoms with Crippen LogP contribution in [0.2, 0.25) is 0 Å². The number of carbonyl (C=O) groups excluding carboxylic acids is 2. The highest BCUT2D eigenvalue weighted by atomic mass is 19.1. The minimum Gasteiger partial charge on any atom is -0.467 e. The molecule has 0 saturated carbocycles. The van der Waals surface area contributed by atoms with Gasteiger partial charge in [-0.2, -0.15) is 5.10 Å². The van der Waals surface area contributed by atoms with Crippen molar-refractivity contribution >= 4 is 11.8 Å². The molecule has 0 aliphatic rings. The highest BCUT2D eigenvalue weighted by Crippen LogP contribution is 2.16. The molecule has 2 N–H and O–H groups in total. The molecule has 0 fully saturated rings. The second kappa shape index (κ2) is 8.31. The summed E-state index contributed by atoms with van der Waals surface area (Å²) in [4.78, 5) is 24.3. The molecule has 0 bridgehead atoms. The molecule has 140 valence electrons. The third-order valence-electron chi connectivity index (χ3n) is 3.97. The summed E-state index contributed by atoms with van der Waals surface area (Å²) >= 11 is 0. The van der Waals surface area contributed by atoms with Gasteiger partial charge in [0, 0.05) is 0 Å². The van der Waals surface area contributed by atoms with Crippen molar-refractivity contribution < 1.29 is 18.4 Å². The first-order valence-electron chi connectivity index (χ1n) is 8.48. The number of hydrogen-bond acceptors (Lipinski definition) is 4. The van der Waals surface area contributed by atoms with E-state index in [2.05, 4.69) is 15.7 Å². The van der Waals surface area contributed by atoms with Crippen molar-refractivity contribution in [2.45, 2.75) is 19.9 Å². The molecule has 0 unspecified atom stereocenters. The molecule has 0 spiro atoms. The smallest absolute Gasteiger partial charge is 0.255 e. The van der Waals surface area contributed by atoms with Gasteiger partial charge in [0.15, 0.2) is 0 Å². The summed E-state index contributed by atoms with van der Waals surface area (Å²) in [5.74, 6) is -0.442. The Hall–Kier alpha value is -3.42. The first kappa shape index (κ1) is 18.4. The van der Waals surface area contributed by atoms with Gasteiger partial charge in [-0.05, 0) is 42.8 Å². The third-order valence-corrected chi connectivity index (χ3v) is 3.97. The van der Waals surface area contributed by atoms with Gasteiger partial charge in [0.1, 0.15) is 11.6 Å². The number of rotatable bonds is 7. The van der Waals surface area contributed by atoms with Gasteiger partial charge >= 0.3 is 0 Å². The molecule has 0 atom stereocenters. The molecule has 0 saturated heterocycles. The van der Waals surface area contributed by atoms with Crippen molar-refractivity contribution in [3.8, 4) is 5.69 Å². The maximum absolute atomic E-state index is 13.1. The van der Waals surface area contributed by atoms with Crippen LogP contribution in [-0.4, -0.2) is 28.1 Å². The monoisotopic (exact) mass is 370 g/mol. The van der Waals surface area contributed by atoms with Crippen LogP contribution >= 0.6 is 0 Å². The average Bonchev–Trinajstić information content (AvgIpc) is 3.34. The van der Waals surface area contributed by atoms with Crippen LogP contribution in [0.4, 0.5) is 4.39 Å². The Morgan fingerprint density at radius 3 is 2.63 bits per heavy atom. The van der Waals surface area contributed by atoms with E-state index in [1.807, 2.05) is 6.92 Å². The first-order valence-corrected chi connectivity index (χ1v) is 8.48. The molecular formula is C19H19FN4O3. The van der Waals surface area contributed by atoms with E-state index in [1.165, 1.54) is 24.6 Å². The highest BCUT2D eigenvalue weighted by molar-refractivity contribution is 5.97. The molecule has 0 aliphatic heterocycles. The SMILES string of the molecule is CCc1c(C(=O)NCC(=O)NCc2ccco2)cnn1-c1ccc(F)cc1. The van der Waals surface area contributed by atoms with E-state index in [9.17, 15) is 14.0 Å². The summed E-state index contributed by atoms with van der Waals surface area (Å²) in [6.07, 6.45) is 3.51. The number of carbonyl (C=O) groups is 2. The van der Waals surface area contributed by atoms with Gasteiger partial charge in [0.2, 0.25) is 5.91 Å². The van der Waals surface area contributed by atoms with Crippen LogP contribution in [0, 0.1) is 5.82 Å². The fraction of sp³-hybridized carbons (Fsp3) is 0.211. The zero-order valence-corrected chi connectivity index (χ0v) is 14.7. The second-order valence-electron chi connectivity index (χ2n) is 5.79. The predicted octanol–water partition coefficient (Wildman–Crippen LogP) is 2.21. The maximum Gasteiger partial charge on any atom is 0.255 e. The molecule has 2 aromatic heterocycles. The van der Waals surface area contributed by atoms with E-state index in [0.717, 1.165) is 0 Å². The van der Waals surface area contributed by atoms with Crippen LogP contribution in [0.3, 0.4) is 0 Å². The Bertz CT molecular complexity index is 917. The molecule has 0 radical (unpaired) electrons. The summed E-state index contributed by atoms with van der Waals surface area (Å²) in [6, 6.07) is 9.32. The zero-order chi connectivity index (χ0) is 19.2. The maximum atomic E-state index is 13.1. The van der Waals surface area contributed by atoms with Gasteiger partial charge in [0.25, 0.3) is 5.91 Å². The fourth-order valence-electron chi connectivity index (χ4n) is 2.63. The van der Waals surface area contributed by atoms with Crippen LogP contribution in [-0.2, 0) is 17.8 Å². The molecule has 7 nitrogen and oxygen atoms in total. The lowest BCUT2D eigenvalue weighted by atomic mass is 10.2. The lowest BCUT2D eigenvalue weighted by molar-refractivity contribution is -0.120. The largest absolute Gasteiger partial charge is 0.467 e. The van der Waals surface area contributed by atoms with Gasteiger partial charge in [-0.1, -0.05) is 6.92 Å². The molecule has 1 aromatic carbocycles. The topological polar surface area (TPSA) is 89.2 Å². The standard InChI is InChI=1S/C19H19FN4O3/c1-2-17-16(11-23-24(17)14-7-5-13(20)6-8-14)19(26)22-12-18(25)21-10-15-4-3-9-27-15/h3-9,11H,2,10,12H2,1H3,(H,21,25)(H,22,26). The van der Waals surface area contributed by atoms with Crippen LogP contribution in [0.25, 0.3) is 5.69 Å². The quantitative estimate of drug-likeness (QED) is 0.667. The zero-order valence-electron chi connectivity index (χ0n) is 14.7. The third kappa shape index (κ3) is 4.41. The highest BCUT2D eigenvalue weighted by Gasteiger charge is 2.17. The summed E-state index contributed by atoms with van der Waals surface area (Å²) in [7, 11) is 0. The van der Waals surface area contributed by atoms with Crippen LogP contribution in [0.15, 0.2) is 53.3 Å². The van der Waals surface area contributed by atoms with E-state index in [-0.39, 0.29) is 24.8 Å². The summed E-state index contributed by atoms with van der Waals surface area (Å²) in [5, 5.41) is 9.46. The van der Waals surface area contributed by atoms with E-state index >= 15 is 0 Å². The number of furan rings is 1. The molecule has 27 heavy (non-hydrogen) atoms. The molecule has 8 heteroatoms. The van der Waals surface area contributed by atoms with Crippen molar-refractivity contribution in [3.05, 3.63) is 71.7 Å². The number of halogens is 1. The molecule has 3 aromatic rings. The Labute approximate surface area is 155 Å². The number of hydrogen-bond donors (Lipinski definition) is 2. The normalized spacial score (nSPS) is 10.6. The minimum absolute atomic E-state index is 0.162. The number of aromatic nitrogens is 2. The number of benzene rings is 1. The van der Waals surface area contributed by atoms with E-state index in [4.69, 9.17) is 4.42 Å². The Kier molecular flexibility index (Phi) is 5.65. The van der Waals surface area contributed by atoms with E-state index < -0.39 is 5.91 Å². The van der Waals surface area contributed by atoms with Gasteiger partial charge < -0.3 is 15.1 Å². The second-order valence-corrected chi connectivity index (χ2v) is 5.79. The Morgan fingerprint density at radius 1 is 1.19 bits per heavy atom. The molecule has 3 rings (SSSR count). The number of amides is 2. The predicted molar refractivity (Wildman–Crippen MR) is 95.8 cm³/mol. The minimum atomic E-state index is -0.395. The summed E-state index contributed by atoms with van der Waals surface area (Å²) in [6.45, 7) is 1.98.